The van der Waals surface area contributed by atoms with Crippen LogP contribution < -0.4 is 0 Å². The highest BCUT2D eigenvalue weighted by Gasteiger charge is 2.17. The molecule has 2 aromatic carbocycles. The molecule has 0 aliphatic rings. The fourth-order valence-electron chi connectivity index (χ4n) is 1.95. The van der Waals surface area contributed by atoms with Crippen molar-refractivity contribution in [3.63, 3.8) is 0 Å². The minimum Gasteiger partial charge on any atom is -0.384 e. The molecule has 0 fully saturated rings. The van der Waals surface area contributed by atoms with Crippen LogP contribution in [0.5, 0.6) is 0 Å². The van der Waals surface area contributed by atoms with E-state index in [2.05, 4.69) is 15.9 Å². The highest BCUT2D eigenvalue weighted by atomic mass is 79.9. The molecule has 0 aromatic heterocycles. The molecular formula is C15H14BrFO. The van der Waals surface area contributed by atoms with Gasteiger partial charge >= 0.3 is 0 Å². The Kier molecular flexibility index (Phi) is 3.83. The summed E-state index contributed by atoms with van der Waals surface area (Å²) >= 11 is 3.47. The first kappa shape index (κ1) is 13.2. The van der Waals surface area contributed by atoms with Crippen LogP contribution in [0.25, 0.3) is 0 Å². The zero-order valence-corrected chi connectivity index (χ0v) is 11.8. The van der Waals surface area contributed by atoms with Crippen LogP contribution >= 0.6 is 15.9 Å². The monoisotopic (exact) mass is 308 g/mol. The second-order valence-corrected chi connectivity index (χ2v) is 5.17. The lowest BCUT2D eigenvalue weighted by molar-refractivity contribution is 0.218. The largest absolute Gasteiger partial charge is 0.384 e. The SMILES string of the molecule is Cc1ccc(F)cc1C(O)c1cccc(C)c1Br. The summed E-state index contributed by atoms with van der Waals surface area (Å²) in [6.45, 7) is 3.82. The van der Waals surface area contributed by atoms with E-state index in [1.807, 2.05) is 32.0 Å². The van der Waals surface area contributed by atoms with E-state index in [0.29, 0.717) is 5.56 Å². The van der Waals surface area contributed by atoms with Crippen molar-refractivity contribution in [1.29, 1.82) is 0 Å². The minimum atomic E-state index is -0.824. The second kappa shape index (κ2) is 5.21. The molecule has 1 atom stereocenters. The van der Waals surface area contributed by atoms with E-state index in [1.54, 1.807) is 6.07 Å². The molecule has 0 radical (unpaired) electrons. The summed E-state index contributed by atoms with van der Waals surface area (Å²) in [5, 5.41) is 10.4. The van der Waals surface area contributed by atoms with Crippen LogP contribution in [-0.4, -0.2) is 5.11 Å². The zero-order valence-electron chi connectivity index (χ0n) is 10.2. The number of hydrogen-bond acceptors (Lipinski definition) is 1. The molecule has 0 heterocycles. The van der Waals surface area contributed by atoms with Gasteiger partial charge in [0, 0.05) is 4.47 Å². The number of benzene rings is 2. The number of aryl methyl sites for hydroxylation is 2. The fourth-order valence-corrected chi connectivity index (χ4v) is 2.44. The molecule has 2 aromatic rings. The highest BCUT2D eigenvalue weighted by Crippen LogP contribution is 2.32. The summed E-state index contributed by atoms with van der Waals surface area (Å²) in [4.78, 5) is 0. The molecule has 94 valence electrons. The molecular weight excluding hydrogens is 295 g/mol. The van der Waals surface area contributed by atoms with Crippen LogP contribution in [0.3, 0.4) is 0 Å². The van der Waals surface area contributed by atoms with Crippen molar-refractivity contribution in [2.75, 3.05) is 0 Å². The Morgan fingerprint density at radius 3 is 2.50 bits per heavy atom. The van der Waals surface area contributed by atoms with Crippen molar-refractivity contribution in [2.24, 2.45) is 0 Å². The molecule has 3 heteroatoms. The third-order valence-corrected chi connectivity index (χ3v) is 4.14. The molecule has 1 nitrogen and oxygen atoms in total. The summed E-state index contributed by atoms with van der Waals surface area (Å²) in [7, 11) is 0. The van der Waals surface area contributed by atoms with Crippen molar-refractivity contribution >= 4 is 15.9 Å². The molecule has 0 saturated heterocycles. The number of aliphatic hydroxyl groups is 1. The van der Waals surface area contributed by atoms with E-state index in [0.717, 1.165) is 21.2 Å². The first-order valence-corrected chi connectivity index (χ1v) is 6.49. The number of hydrogen-bond donors (Lipinski definition) is 1. The summed E-state index contributed by atoms with van der Waals surface area (Å²) in [6, 6.07) is 10.1. The van der Waals surface area contributed by atoms with E-state index in [4.69, 9.17) is 0 Å². The van der Waals surface area contributed by atoms with Gasteiger partial charge in [-0.2, -0.15) is 0 Å². The first-order valence-electron chi connectivity index (χ1n) is 5.70. The molecule has 0 amide bonds. The lowest BCUT2D eigenvalue weighted by atomic mass is 9.96. The van der Waals surface area contributed by atoms with Crippen molar-refractivity contribution < 1.29 is 9.50 Å². The fraction of sp³-hybridized carbons (Fsp3) is 0.200. The highest BCUT2D eigenvalue weighted by molar-refractivity contribution is 9.10. The van der Waals surface area contributed by atoms with Crippen LogP contribution in [0.15, 0.2) is 40.9 Å². The average molecular weight is 309 g/mol. The van der Waals surface area contributed by atoms with Crippen LogP contribution in [-0.2, 0) is 0 Å². The number of rotatable bonds is 2. The topological polar surface area (TPSA) is 20.2 Å². The smallest absolute Gasteiger partial charge is 0.123 e. The van der Waals surface area contributed by atoms with Gasteiger partial charge < -0.3 is 5.11 Å². The van der Waals surface area contributed by atoms with Gasteiger partial charge in [-0.3, -0.25) is 0 Å². The van der Waals surface area contributed by atoms with Gasteiger partial charge in [0.05, 0.1) is 0 Å². The number of halogens is 2. The Balaban J connectivity index is 2.51. The summed E-state index contributed by atoms with van der Waals surface area (Å²) in [6.07, 6.45) is -0.824. The quantitative estimate of drug-likeness (QED) is 0.877. The summed E-state index contributed by atoms with van der Waals surface area (Å²) in [5.74, 6) is -0.335. The minimum absolute atomic E-state index is 0.335. The molecule has 0 spiro atoms. The van der Waals surface area contributed by atoms with Crippen molar-refractivity contribution in [2.45, 2.75) is 20.0 Å². The predicted octanol–water partition coefficient (Wildman–Crippen LogP) is 4.29. The van der Waals surface area contributed by atoms with Crippen molar-refractivity contribution in [1.82, 2.24) is 0 Å². The van der Waals surface area contributed by atoms with Crippen LogP contribution in [0.1, 0.15) is 28.4 Å². The second-order valence-electron chi connectivity index (χ2n) is 4.38. The third kappa shape index (κ3) is 2.47. The van der Waals surface area contributed by atoms with Gasteiger partial charge in [0.25, 0.3) is 0 Å². The van der Waals surface area contributed by atoms with Crippen molar-refractivity contribution in [3.8, 4) is 0 Å². The lowest BCUT2D eigenvalue weighted by Crippen LogP contribution is -2.04. The van der Waals surface area contributed by atoms with Gasteiger partial charge in [-0.25, -0.2) is 4.39 Å². The normalized spacial score (nSPS) is 12.5. The maximum Gasteiger partial charge on any atom is 0.123 e. The molecule has 0 aliphatic heterocycles. The molecule has 1 unspecified atom stereocenters. The van der Waals surface area contributed by atoms with Crippen molar-refractivity contribution in [3.05, 3.63) is 68.9 Å². The molecule has 0 aliphatic carbocycles. The van der Waals surface area contributed by atoms with Crippen LogP contribution in [0.2, 0.25) is 0 Å². The van der Waals surface area contributed by atoms with Gasteiger partial charge in [-0.1, -0.05) is 40.2 Å². The first-order chi connectivity index (χ1) is 8.50. The Morgan fingerprint density at radius 2 is 1.78 bits per heavy atom. The van der Waals surface area contributed by atoms with Crippen LogP contribution in [0, 0.1) is 19.7 Å². The summed E-state index contributed by atoms with van der Waals surface area (Å²) in [5.41, 5.74) is 3.27. The Labute approximate surface area is 114 Å². The van der Waals surface area contributed by atoms with E-state index in [-0.39, 0.29) is 5.82 Å². The van der Waals surface area contributed by atoms with E-state index < -0.39 is 6.10 Å². The van der Waals surface area contributed by atoms with Gasteiger partial charge in [-0.05, 0) is 48.2 Å². The standard InChI is InChI=1S/C15H14BrFO/c1-9-6-7-11(17)8-13(9)15(18)12-5-3-4-10(2)14(12)16/h3-8,15,18H,1-2H3. The van der Waals surface area contributed by atoms with E-state index >= 15 is 0 Å². The summed E-state index contributed by atoms with van der Waals surface area (Å²) < 4.78 is 14.1. The van der Waals surface area contributed by atoms with Gasteiger partial charge in [0.2, 0.25) is 0 Å². The maximum atomic E-state index is 13.3. The van der Waals surface area contributed by atoms with Gasteiger partial charge in [0.15, 0.2) is 0 Å². The molecule has 2 rings (SSSR count). The van der Waals surface area contributed by atoms with E-state index in [1.165, 1.54) is 12.1 Å². The molecule has 0 bridgehead atoms. The zero-order chi connectivity index (χ0) is 13.3. The Morgan fingerprint density at radius 1 is 1.06 bits per heavy atom. The number of aliphatic hydroxyl groups excluding tert-OH is 1. The average Bonchev–Trinajstić information content (AvgIpc) is 2.35. The van der Waals surface area contributed by atoms with Gasteiger partial charge in [-0.15, -0.1) is 0 Å². The molecule has 0 saturated carbocycles. The van der Waals surface area contributed by atoms with Gasteiger partial charge in [0.1, 0.15) is 11.9 Å². The van der Waals surface area contributed by atoms with Crippen LogP contribution in [0.4, 0.5) is 4.39 Å². The Bertz CT molecular complexity index is 579. The Hall–Kier alpha value is -1.19. The molecule has 1 N–H and O–H groups in total. The van der Waals surface area contributed by atoms with E-state index in [9.17, 15) is 9.50 Å². The predicted molar refractivity (Wildman–Crippen MR) is 74.1 cm³/mol. The lowest BCUT2D eigenvalue weighted by Gasteiger charge is -2.16. The molecule has 18 heavy (non-hydrogen) atoms. The third-order valence-electron chi connectivity index (χ3n) is 3.05. The maximum absolute atomic E-state index is 13.3.